The van der Waals surface area contributed by atoms with E-state index >= 15 is 0 Å². The van der Waals surface area contributed by atoms with Gasteiger partial charge in [0.2, 0.25) is 0 Å². The van der Waals surface area contributed by atoms with Crippen LogP contribution in [0.1, 0.15) is 57.2 Å². The van der Waals surface area contributed by atoms with Crippen molar-refractivity contribution in [3.63, 3.8) is 0 Å². The van der Waals surface area contributed by atoms with Crippen molar-refractivity contribution in [2.24, 2.45) is 0 Å². The number of ether oxygens (including phenoxy) is 1. The van der Waals surface area contributed by atoms with Gasteiger partial charge in [0, 0.05) is 19.8 Å². The van der Waals surface area contributed by atoms with Gasteiger partial charge in [-0.15, -0.1) is 0 Å². The van der Waals surface area contributed by atoms with Gasteiger partial charge < -0.3 is 15.0 Å². The molecule has 0 radical (unpaired) electrons. The van der Waals surface area contributed by atoms with E-state index in [0.29, 0.717) is 0 Å². The lowest BCUT2D eigenvalue weighted by Gasteiger charge is -2.37. The Morgan fingerprint density at radius 1 is 1.41 bits per heavy atom. The highest BCUT2D eigenvalue weighted by Crippen LogP contribution is 2.34. The Balaban J connectivity index is 2.24. The van der Waals surface area contributed by atoms with Gasteiger partial charge in [0.1, 0.15) is 11.4 Å². The van der Waals surface area contributed by atoms with Crippen molar-refractivity contribution < 1.29 is 9.53 Å². The first-order chi connectivity index (χ1) is 10.3. The molecule has 1 aromatic heterocycles. The average molecular weight is 305 g/mol. The number of anilines is 1. The smallest absolute Gasteiger partial charge is 0.410 e. The van der Waals surface area contributed by atoms with Gasteiger partial charge in [-0.3, -0.25) is 0 Å². The Morgan fingerprint density at radius 3 is 2.73 bits per heavy atom. The summed E-state index contributed by atoms with van der Waals surface area (Å²) in [5.74, 6) is 0.848. The minimum absolute atomic E-state index is 0.0574. The topological polar surface area (TPSA) is 54.5 Å². The number of carbonyl (C=O) groups is 1. The van der Waals surface area contributed by atoms with Crippen LogP contribution in [0, 0.1) is 6.92 Å². The summed E-state index contributed by atoms with van der Waals surface area (Å²) < 4.78 is 5.57. The molecule has 0 bridgehead atoms. The summed E-state index contributed by atoms with van der Waals surface area (Å²) in [6.45, 7) is 8.52. The Kier molecular flexibility index (Phi) is 4.94. The van der Waals surface area contributed by atoms with Gasteiger partial charge in [-0.25, -0.2) is 9.78 Å². The summed E-state index contributed by atoms with van der Waals surface area (Å²) in [6.07, 6.45) is 4.76. The second-order valence-corrected chi connectivity index (χ2v) is 6.86. The first-order valence-electron chi connectivity index (χ1n) is 7.96. The van der Waals surface area contributed by atoms with Crippen LogP contribution in [0.15, 0.2) is 12.3 Å². The summed E-state index contributed by atoms with van der Waals surface area (Å²) in [7, 11) is 1.86. The molecular weight excluding hydrogens is 278 g/mol. The Morgan fingerprint density at radius 2 is 2.14 bits per heavy atom. The maximum atomic E-state index is 12.5. The van der Waals surface area contributed by atoms with Crippen molar-refractivity contribution in [2.75, 3.05) is 18.9 Å². The molecule has 1 fully saturated rings. The average Bonchev–Trinajstić information content (AvgIpc) is 2.45. The lowest BCUT2D eigenvalue weighted by atomic mass is 9.94. The van der Waals surface area contributed by atoms with Crippen molar-refractivity contribution in [1.82, 2.24) is 9.88 Å². The predicted octanol–water partition coefficient (Wildman–Crippen LogP) is 3.89. The minimum Gasteiger partial charge on any atom is -0.444 e. The fourth-order valence-electron chi connectivity index (χ4n) is 2.85. The third-order valence-electron chi connectivity index (χ3n) is 3.90. The zero-order valence-corrected chi connectivity index (χ0v) is 14.3. The van der Waals surface area contributed by atoms with Crippen molar-refractivity contribution in [1.29, 1.82) is 0 Å². The van der Waals surface area contributed by atoms with E-state index in [1.807, 2.05) is 45.0 Å². The summed E-state index contributed by atoms with van der Waals surface area (Å²) in [5, 5.41) is 3.05. The lowest BCUT2D eigenvalue weighted by Crippen LogP contribution is -2.42. The number of piperidine rings is 1. The van der Waals surface area contributed by atoms with Crippen LogP contribution in [0.5, 0.6) is 0 Å². The van der Waals surface area contributed by atoms with Crippen LogP contribution in [0.2, 0.25) is 0 Å². The number of amides is 1. The first-order valence-corrected chi connectivity index (χ1v) is 7.96. The van der Waals surface area contributed by atoms with Crippen molar-refractivity contribution >= 4 is 11.9 Å². The van der Waals surface area contributed by atoms with E-state index in [0.717, 1.165) is 42.8 Å². The molecule has 0 aliphatic carbocycles. The zero-order chi connectivity index (χ0) is 16.3. The molecule has 122 valence electrons. The number of rotatable bonds is 2. The molecule has 0 aromatic carbocycles. The molecule has 1 amide bonds. The molecule has 0 saturated carbocycles. The highest BCUT2D eigenvalue weighted by molar-refractivity contribution is 5.69. The third-order valence-corrected chi connectivity index (χ3v) is 3.90. The van der Waals surface area contributed by atoms with E-state index in [2.05, 4.69) is 17.2 Å². The number of nitrogens with zero attached hydrogens (tertiary/aromatic N) is 2. The monoisotopic (exact) mass is 305 g/mol. The maximum absolute atomic E-state index is 12.5. The minimum atomic E-state index is -0.470. The van der Waals surface area contributed by atoms with E-state index in [4.69, 9.17) is 4.74 Å². The molecule has 22 heavy (non-hydrogen) atoms. The molecular formula is C17H27N3O2. The molecule has 0 unspecified atom stereocenters. The normalized spacial score (nSPS) is 19.0. The van der Waals surface area contributed by atoms with Gasteiger partial charge in [0.15, 0.2) is 0 Å². The van der Waals surface area contributed by atoms with Crippen LogP contribution >= 0.6 is 0 Å². The van der Waals surface area contributed by atoms with E-state index < -0.39 is 5.60 Å². The summed E-state index contributed by atoms with van der Waals surface area (Å²) in [5.41, 5.74) is 1.80. The SMILES string of the molecule is CNc1cc(C)c([C@H]2CCCCN2C(=O)OC(C)(C)C)cn1. The van der Waals surface area contributed by atoms with Gasteiger partial charge >= 0.3 is 6.09 Å². The Labute approximate surface area is 133 Å². The van der Waals surface area contributed by atoms with Crippen molar-refractivity contribution in [2.45, 2.75) is 58.6 Å². The number of carbonyl (C=O) groups excluding carboxylic acids is 1. The van der Waals surface area contributed by atoms with Crippen LogP contribution in [0.4, 0.5) is 10.6 Å². The molecule has 1 saturated heterocycles. The third kappa shape index (κ3) is 3.90. The van der Waals surface area contributed by atoms with Crippen LogP contribution in [-0.4, -0.2) is 35.2 Å². The quantitative estimate of drug-likeness (QED) is 0.900. The molecule has 1 N–H and O–H groups in total. The van der Waals surface area contributed by atoms with Crippen molar-refractivity contribution in [3.8, 4) is 0 Å². The molecule has 1 atom stereocenters. The molecule has 1 aliphatic rings. The number of aryl methyl sites for hydroxylation is 1. The molecule has 2 heterocycles. The second-order valence-electron chi connectivity index (χ2n) is 6.86. The number of hydrogen-bond acceptors (Lipinski definition) is 4. The number of likely N-dealkylation sites (tertiary alicyclic amines) is 1. The molecule has 5 nitrogen and oxygen atoms in total. The number of hydrogen-bond donors (Lipinski definition) is 1. The highest BCUT2D eigenvalue weighted by atomic mass is 16.6. The number of pyridine rings is 1. The van der Waals surface area contributed by atoms with E-state index in [9.17, 15) is 4.79 Å². The van der Waals surface area contributed by atoms with Gasteiger partial charge in [-0.2, -0.15) is 0 Å². The molecule has 0 spiro atoms. The fourth-order valence-corrected chi connectivity index (χ4v) is 2.85. The zero-order valence-electron chi connectivity index (χ0n) is 14.3. The number of aromatic nitrogens is 1. The molecule has 1 aromatic rings. The number of nitrogens with one attached hydrogen (secondary N) is 1. The highest BCUT2D eigenvalue weighted by Gasteiger charge is 2.32. The Bertz CT molecular complexity index is 537. The van der Waals surface area contributed by atoms with Gasteiger partial charge in [-0.05, 0) is 64.2 Å². The van der Waals surface area contributed by atoms with E-state index in [1.165, 1.54) is 0 Å². The Hall–Kier alpha value is -1.78. The van der Waals surface area contributed by atoms with Crippen molar-refractivity contribution in [3.05, 3.63) is 23.4 Å². The summed E-state index contributed by atoms with van der Waals surface area (Å²) in [6, 6.07) is 2.08. The predicted molar refractivity (Wildman–Crippen MR) is 88.1 cm³/mol. The first kappa shape index (κ1) is 16.6. The van der Waals surface area contributed by atoms with Gasteiger partial charge in [-0.1, -0.05) is 0 Å². The van der Waals surface area contributed by atoms with E-state index in [1.54, 1.807) is 0 Å². The lowest BCUT2D eigenvalue weighted by molar-refractivity contribution is 0.00943. The fraction of sp³-hybridized carbons (Fsp3) is 0.647. The molecule has 5 heteroatoms. The standard InChI is InChI=1S/C17H27N3O2/c1-12-10-15(18-5)19-11-13(12)14-8-6-7-9-20(14)16(21)22-17(2,3)4/h10-11,14H,6-9H2,1-5H3,(H,18,19)/t14-/m1/s1. The molecule has 2 rings (SSSR count). The van der Waals surface area contributed by atoms with Crippen LogP contribution in [-0.2, 0) is 4.74 Å². The second kappa shape index (κ2) is 6.55. The maximum Gasteiger partial charge on any atom is 0.410 e. The van der Waals surface area contributed by atoms with Crippen LogP contribution in [0.3, 0.4) is 0 Å². The summed E-state index contributed by atoms with van der Waals surface area (Å²) in [4.78, 5) is 18.8. The largest absolute Gasteiger partial charge is 0.444 e. The summed E-state index contributed by atoms with van der Waals surface area (Å²) >= 11 is 0. The van der Waals surface area contributed by atoms with Crippen LogP contribution < -0.4 is 5.32 Å². The van der Waals surface area contributed by atoms with E-state index in [-0.39, 0.29) is 12.1 Å². The molecule has 1 aliphatic heterocycles. The van der Waals surface area contributed by atoms with Gasteiger partial charge in [0.05, 0.1) is 6.04 Å². The van der Waals surface area contributed by atoms with Gasteiger partial charge in [0.25, 0.3) is 0 Å². The van der Waals surface area contributed by atoms with Crippen LogP contribution in [0.25, 0.3) is 0 Å².